The molecular weight excluding hydrogens is 160 g/mol. The molecule has 0 fully saturated rings. The molecule has 13 heavy (non-hydrogen) atoms. The van der Waals surface area contributed by atoms with Crippen LogP contribution in [-0.4, -0.2) is 17.9 Å². The second-order valence-corrected chi connectivity index (χ2v) is 2.66. The molecule has 0 atom stereocenters. The van der Waals surface area contributed by atoms with Crippen molar-refractivity contribution < 1.29 is 0 Å². The average molecular weight is 172 g/mol. The summed E-state index contributed by atoms with van der Waals surface area (Å²) in [5.74, 6) is 2.77. The second-order valence-electron chi connectivity index (χ2n) is 2.66. The van der Waals surface area contributed by atoms with Crippen LogP contribution in [0.3, 0.4) is 0 Å². The lowest BCUT2D eigenvalue weighted by Gasteiger charge is -1.99. The Morgan fingerprint density at radius 2 is 2.31 bits per heavy atom. The summed E-state index contributed by atoms with van der Waals surface area (Å²) in [5, 5.41) is 0. The maximum absolute atomic E-state index is 4.18. The van der Waals surface area contributed by atoms with E-state index in [2.05, 4.69) is 22.4 Å². The van der Waals surface area contributed by atoms with E-state index in [0.717, 1.165) is 16.8 Å². The minimum absolute atomic E-state index is 0.987. The molecular formula is C11H12N2. The highest BCUT2D eigenvalue weighted by Gasteiger charge is 1.95. The number of hydrogen-bond donors (Lipinski definition) is 0. The Labute approximate surface area is 78.4 Å². The van der Waals surface area contributed by atoms with E-state index in [0.29, 0.717) is 0 Å². The molecule has 0 spiro atoms. The van der Waals surface area contributed by atoms with Gasteiger partial charge in [0.05, 0.1) is 0 Å². The van der Waals surface area contributed by atoms with Crippen molar-refractivity contribution in [3.63, 3.8) is 0 Å². The van der Waals surface area contributed by atoms with Crippen molar-refractivity contribution in [3.8, 4) is 0 Å². The Hall–Kier alpha value is -1.66. The zero-order valence-electron chi connectivity index (χ0n) is 7.91. The molecule has 0 aliphatic carbocycles. The van der Waals surface area contributed by atoms with Crippen molar-refractivity contribution >= 4 is 18.0 Å². The van der Waals surface area contributed by atoms with Gasteiger partial charge in [0.25, 0.3) is 0 Å². The number of aromatic nitrogens is 1. The van der Waals surface area contributed by atoms with E-state index in [1.54, 1.807) is 25.4 Å². The van der Waals surface area contributed by atoms with Crippen molar-refractivity contribution in [2.75, 3.05) is 7.05 Å². The van der Waals surface area contributed by atoms with E-state index in [4.69, 9.17) is 0 Å². The molecule has 0 amide bonds. The van der Waals surface area contributed by atoms with E-state index in [1.165, 1.54) is 0 Å². The van der Waals surface area contributed by atoms with Crippen LogP contribution in [0.2, 0.25) is 0 Å². The molecule has 1 rings (SSSR count). The van der Waals surface area contributed by atoms with Gasteiger partial charge in [-0.1, -0.05) is 12.7 Å². The van der Waals surface area contributed by atoms with Gasteiger partial charge in [-0.15, -0.1) is 0 Å². The molecule has 0 unspecified atom stereocenters. The Morgan fingerprint density at radius 3 is 2.92 bits per heavy atom. The molecule has 0 saturated heterocycles. The van der Waals surface area contributed by atoms with Crippen LogP contribution in [-0.2, 0) is 0 Å². The second kappa shape index (κ2) is 4.39. The molecule has 0 bridgehead atoms. The number of aryl methyl sites for hydroxylation is 1. The van der Waals surface area contributed by atoms with Gasteiger partial charge in [-0.2, -0.15) is 0 Å². The summed E-state index contributed by atoms with van der Waals surface area (Å²) in [7, 11) is 1.69. The summed E-state index contributed by atoms with van der Waals surface area (Å²) in [6.45, 7) is 5.69. The number of pyridine rings is 1. The summed E-state index contributed by atoms with van der Waals surface area (Å²) in [6.07, 6.45) is 5.39. The number of aliphatic imine (C=N–C) groups is 1. The van der Waals surface area contributed by atoms with E-state index >= 15 is 0 Å². The first-order chi connectivity index (χ1) is 6.27. The normalized spacial score (nSPS) is 8.77. The van der Waals surface area contributed by atoms with Gasteiger partial charge < -0.3 is 0 Å². The van der Waals surface area contributed by atoms with Crippen LogP contribution in [0.25, 0.3) is 12.2 Å². The van der Waals surface area contributed by atoms with Crippen LogP contribution >= 0.6 is 0 Å². The van der Waals surface area contributed by atoms with Crippen LogP contribution in [0.5, 0.6) is 0 Å². The van der Waals surface area contributed by atoms with Crippen LogP contribution in [0, 0.1) is 6.92 Å². The lowest BCUT2D eigenvalue weighted by molar-refractivity contribution is 1.19. The van der Waals surface area contributed by atoms with Crippen molar-refractivity contribution in [2.45, 2.75) is 6.92 Å². The summed E-state index contributed by atoms with van der Waals surface area (Å²) in [4.78, 5) is 7.94. The van der Waals surface area contributed by atoms with Gasteiger partial charge >= 0.3 is 0 Å². The molecule has 2 heteroatoms. The predicted molar refractivity (Wildman–Crippen MR) is 56.9 cm³/mol. The number of nitrogens with zero attached hydrogens (tertiary/aromatic N) is 2. The molecule has 0 N–H and O–H groups in total. The van der Waals surface area contributed by atoms with Gasteiger partial charge in [-0.05, 0) is 24.4 Å². The standard InChI is InChI=1S/C11H12N2/c1-4-10-7-9(2)13-8-11(10)5-6-12-3/h4-5,7-8H,1H2,2-3H3. The van der Waals surface area contributed by atoms with Gasteiger partial charge in [0.15, 0.2) is 0 Å². The molecule has 0 radical (unpaired) electrons. The van der Waals surface area contributed by atoms with E-state index in [-0.39, 0.29) is 0 Å². The maximum atomic E-state index is 4.18. The van der Waals surface area contributed by atoms with Crippen molar-refractivity contribution in [2.24, 2.45) is 4.99 Å². The number of rotatable bonds is 2. The molecule has 0 aromatic carbocycles. The molecule has 1 aromatic rings. The third-order valence-corrected chi connectivity index (χ3v) is 1.67. The highest BCUT2D eigenvalue weighted by atomic mass is 14.7. The van der Waals surface area contributed by atoms with Crippen molar-refractivity contribution in [1.29, 1.82) is 0 Å². The predicted octanol–water partition coefficient (Wildman–Crippen LogP) is 2.35. The van der Waals surface area contributed by atoms with Gasteiger partial charge in [-0.25, -0.2) is 4.99 Å². The lowest BCUT2D eigenvalue weighted by Crippen LogP contribution is -1.86. The first kappa shape index (κ1) is 9.43. The summed E-state index contributed by atoms with van der Waals surface area (Å²) in [6, 6.07) is 1.98. The maximum Gasteiger partial charge on any atom is 0.0379 e. The van der Waals surface area contributed by atoms with E-state index in [1.807, 2.05) is 13.0 Å². The topological polar surface area (TPSA) is 25.2 Å². The van der Waals surface area contributed by atoms with Gasteiger partial charge in [-0.3, -0.25) is 4.98 Å². The fraction of sp³-hybridized carbons (Fsp3) is 0.182. The minimum atomic E-state index is 0.987. The van der Waals surface area contributed by atoms with Crippen LogP contribution in [0.1, 0.15) is 16.8 Å². The molecule has 0 aliphatic heterocycles. The van der Waals surface area contributed by atoms with Gasteiger partial charge in [0, 0.05) is 30.6 Å². The molecule has 1 heterocycles. The van der Waals surface area contributed by atoms with Crippen molar-refractivity contribution in [1.82, 2.24) is 4.98 Å². The van der Waals surface area contributed by atoms with Gasteiger partial charge in [0.2, 0.25) is 0 Å². The summed E-state index contributed by atoms with van der Waals surface area (Å²) >= 11 is 0. The zero-order chi connectivity index (χ0) is 9.68. The Balaban J connectivity index is 3.21. The lowest BCUT2D eigenvalue weighted by atomic mass is 10.1. The van der Waals surface area contributed by atoms with Crippen LogP contribution in [0.15, 0.2) is 23.8 Å². The molecule has 66 valence electrons. The van der Waals surface area contributed by atoms with Gasteiger partial charge in [0.1, 0.15) is 0 Å². The van der Waals surface area contributed by atoms with Crippen LogP contribution < -0.4 is 0 Å². The summed E-state index contributed by atoms with van der Waals surface area (Å²) in [5.41, 5.74) is 3.04. The van der Waals surface area contributed by atoms with E-state index < -0.39 is 0 Å². The smallest absolute Gasteiger partial charge is 0.0379 e. The monoisotopic (exact) mass is 172 g/mol. The average Bonchev–Trinajstić information content (AvgIpc) is 2.16. The SMILES string of the molecule is C=Cc1cc(C)ncc1C=C=NC. The first-order valence-electron chi connectivity index (χ1n) is 4.04. The first-order valence-corrected chi connectivity index (χ1v) is 4.04. The minimum Gasteiger partial charge on any atom is -0.261 e. The Kier molecular flexibility index (Phi) is 3.18. The van der Waals surface area contributed by atoms with Crippen LogP contribution in [0.4, 0.5) is 0 Å². The quantitative estimate of drug-likeness (QED) is 0.628. The fourth-order valence-electron chi connectivity index (χ4n) is 1.02. The fourth-order valence-corrected chi connectivity index (χ4v) is 1.02. The highest BCUT2D eigenvalue weighted by Crippen LogP contribution is 2.11. The Bertz CT molecular complexity index is 372. The molecule has 2 nitrogen and oxygen atoms in total. The highest BCUT2D eigenvalue weighted by molar-refractivity contribution is 5.81. The van der Waals surface area contributed by atoms with E-state index in [9.17, 15) is 0 Å². The Morgan fingerprint density at radius 1 is 1.54 bits per heavy atom. The largest absolute Gasteiger partial charge is 0.261 e. The zero-order valence-corrected chi connectivity index (χ0v) is 7.91. The molecule has 0 saturated carbocycles. The third-order valence-electron chi connectivity index (χ3n) is 1.67. The molecule has 1 aromatic heterocycles. The molecule has 0 aliphatic rings. The number of hydrogen-bond acceptors (Lipinski definition) is 2. The van der Waals surface area contributed by atoms with Crippen molar-refractivity contribution in [3.05, 3.63) is 35.7 Å². The third kappa shape index (κ3) is 2.39. The summed E-state index contributed by atoms with van der Waals surface area (Å²) < 4.78 is 0.